The number of hydrogen-bond acceptors (Lipinski definition) is 4. The van der Waals surface area contributed by atoms with Crippen LogP contribution in [0.2, 0.25) is 0 Å². The van der Waals surface area contributed by atoms with Crippen molar-refractivity contribution in [2.24, 2.45) is 0 Å². The second kappa shape index (κ2) is 9.59. The molecule has 0 spiro atoms. The molecule has 2 aromatic rings. The van der Waals surface area contributed by atoms with Crippen molar-refractivity contribution in [2.75, 3.05) is 18.5 Å². The highest BCUT2D eigenvalue weighted by atomic mass is 19.4. The van der Waals surface area contributed by atoms with Gasteiger partial charge in [0.25, 0.3) is 5.91 Å². The number of para-hydroxylation sites is 1. The van der Waals surface area contributed by atoms with Crippen molar-refractivity contribution in [2.45, 2.75) is 13.1 Å². The molecule has 0 aliphatic heterocycles. The van der Waals surface area contributed by atoms with Crippen LogP contribution >= 0.6 is 0 Å². The predicted octanol–water partition coefficient (Wildman–Crippen LogP) is 4.30. The van der Waals surface area contributed by atoms with Crippen LogP contribution in [-0.4, -0.2) is 25.1 Å². The third-order valence-electron chi connectivity index (χ3n) is 3.46. The number of benzene rings is 2. The van der Waals surface area contributed by atoms with Gasteiger partial charge >= 0.3 is 12.1 Å². The van der Waals surface area contributed by atoms with E-state index in [0.717, 1.165) is 18.2 Å². The van der Waals surface area contributed by atoms with Crippen molar-refractivity contribution in [1.82, 2.24) is 0 Å². The first-order valence-electron chi connectivity index (χ1n) is 8.33. The van der Waals surface area contributed by atoms with Gasteiger partial charge in [-0.3, -0.25) is 4.79 Å². The van der Waals surface area contributed by atoms with Gasteiger partial charge in [0.2, 0.25) is 0 Å². The minimum atomic E-state index is -4.61. The second-order valence-electron chi connectivity index (χ2n) is 5.53. The summed E-state index contributed by atoms with van der Waals surface area (Å²) in [6, 6.07) is 11.5. The molecule has 1 amide bonds. The molecule has 148 valence electrons. The molecule has 0 aromatic heterocycles. The monoisotopic (exact) mass is 393 g/mol. The molecule has 0 unspecified atom stereocenters. The summed E-state index contributed by atoms with van der Waals surface area (Å²) >= 11 is 0. The lowest BCUT2D eigenvalue weighted by Gasteiger charge is -2.13. The number of esters is 1. The highest BCUT2D eigenvalue weighted by Gasteiger charge is 2.33. The van der Waals surface area contributed by atoms with Gasteiger partial charge in [-0.15, -0.1) is 0 Å². The van der Waals surface area contributed by atoms with Gasteiger partial charge in [-0.25, -0.2) is 4.79 Å². The number of amides is 1. The van der Waals surface area contributed by atoms with Crippen molar-refractivity contribution >= 4 is 23.6 Å². The van der Waals surface area contributed by atoms with Gasteiger partial charge in [0.15, 0.2) is 6.61 Å². The standard InChI is InChI=1S/C20H18F3NO4/c1-2-27-15-10-7-14(8-11-15)9-12-19(26)28-13-18(25)24-17-6-4-3-5-16(17)20(21,22)23/h3-12H,2,13H2,1H3,(H,24,25)/b12-9+. The Bertz CT molecular complexity index is 845. The van der Waals surface area contributed by atoms with E-state index in [9.17, 15) is 22.8 Å². The molecule has 5 nitrogen and oxygen atoms in total. The van der Waals surface area contributed by atoms with Crippen LogP contribution in [0.25, 0.3) is 6.08 Å². The Morgan fingerprint density at radius 2 is 1.75 bits per heavy atom. The van der Waals surface area contributed by atoms with Gasteiger partial charge in [0.05, 0.1) is 17.9 Å². The zero-order valence-corrected chi connectivity index (χ0v) is 15.0. The fourth-order valence-electron chi connectivity index (χ4n) is 2.22. The van der Waals surface area contributed by atoms with Crippen LogP contribution < -0.4 is 10.1 Å². The molecule has 0 saturated heterocycles. The van der Waals surface area contributed by atoms with E-state index < -0.39 is 35.9 Å². The molecule has 0 atom stereocenters. The zero-order chi connectivity index (χ0) is 20.6. The van der Waals surface area contributed by atoms with Crippen LogP contribution in [0.5, 0.6) is 5.75 Å². The molecule has 2 rings (SSSR count). The largest absolute Gasteiger partial charge is 0.494 e. The second-order valence-corrected chi connectivity index (χ2v) is 5.53. The summed E-state index contributed by atoms with van der Waals surface area (Å²) in [5, 5.41) is 2.09. The average molecular weight is 393 g/mol. The number of alkyl halides is 3. The van der Waals surface area contributed by atoms with Crippen molar-refractivity contribution in [3.05, 3.63) is 65.7 Å². The molecule has 1 N–H and O–H groups in total. The number of ether oxygens (including phenoxy) is 2. The topological polar surface area (TPSA) is 64.6 Å². The number of halogens is 3. The Kier molecular flexibility index (Phi) is 7.20. The highest BCUT2D eigenvalue weighted by molar-refractivity contribution is 5.95. The predicted molar refractivity (Wildman–Crippen MR) is 97.7 cm³/mol. The summed E-state index contributed by atoms with van der Waals surface area (Å²) in [4.78, 5) is 23.5. The maximum atomic E-state index is 12.9. The fourth-order valence-corrected chi connectivity index (χ4v) is 2.22. The number of rotatable bonds is 7. The Morgan fingerprint density at radius 3 is 2.39 bits per heavy atom. The lowest BCUT2D eigenvalue weighted by molar-refractivity contribution is -0.142. The normalized spacial score (nSPS) is 11.3. The molecular weight excluding hydrogens is 375 g/mol. The van der Waals surface area contributed by atoms with E-state index in [4.69, 9.17) is 9.47 Å². The molecule has 0 heterocycles. The van der Waals surface area contributed by atoms with Crippen LogP contribution in [0.15, 0.2) is 54.6 Å². The van der Waals surface area contributed by atoms with Crippen LogP contribution in [-0.2, 0) is 20.5 Å². The number of nitrogens with one attached hydrogen (secondary N) is 1. The molecule has 28 heavy (non-hydrogen) atoms. The zero-order valence-electron chi connectivity index (χ0n) is 15.0. The molecule has 0 fully saturated rings. The van der Waals surface area contributed by atoms with Crippen molar-refractivity contribution in [3.8, 4) is 5.75 Å². The lowest BCUT2D eigenvalue weighted by atomic mass is 10.1. The Labute approximate surface area is 159 Å². The minimum absolute atomic E-state index is 0.402. The van der Waals surface area contributed by atoms with E-state index in [1.54, 1.807) is 24.3 Å². The first-order valence-corrected chi connectivity index (χ1v) is 8.33. The summed E-state index contributed by atoms with van der Waals surface area (Å²) in [6.07, 6.45) is -2.01. The van der Waals surface area contributed by atoms with Crippen molar-refractivity contribution in [3.63, 3.8) is 0 Å². The molecule has 0 saturated carbocycles. The molecule has 0 bridgehead atoms. The summed E-state index contributed by atoms with van der Waals surface area (Å²) in [7, 11) is 0. The van der Waals surface area contributed by atoms with E-state index >= 15 is 0 Å². The van der Waals surface area contributed by atoms with Crippen molar-refractivity contribution < 1.29 is 32.2 Å². The third-order valence-corrected chi connectivity index (χ3v) is 3.46. The van der Waals surface area contributed by atoms with E-state index in [1.165, 1.54) is 18.2 Å². The molecule has 0 aliphatic carbocycles. The Balaban J connectivity index is 1.87. The first-order chi connectivity index (χ1) is 13.3. The number of hydrogen-bond donors (Lipinski definition) is 1. The van der Waals surface area contributed by atoms with Crippen molar-refractivity contribution in [1.29, 1.82) is 0 Å². The lowest BCUT2D eigenvalue weighted by Crippen LogP contribution is -2.22. The fraction of sp³-hybridized carbons (Fsp3) is 0.200. The number of anilines is 1. The maximum absolute atomic E-state index is 12.9. The average Bonchev–Trinajstić information content (AvgIpc) is 2.65. The minimum Gasteiger partial charge on any atom is -0.494 e. The quantitative estimate of drug-likeness (QED) is 0.563. The van der Waals surface area contributed by atoms with E-state index in [0.29, 0.717) is 17.9 Å². The maximum Gasteiger partial charge on any atom is 0.418 e. The van der Waals surface area contributed by atoms with Crippen LogP contribution in [0.3, 0.4) is 0 Å². The molecule has 8 heteroatoms. The molecule has 2 aromatic carbocycles. The highest BCUT2D eigenvalue weighted by Crippen LogP contribution is 2.34. The molecule has 0 radical (unpaired) electrons. The van der Waals surface area contributed by atoms with Gasteiger partial charge in [0.1, 0.15) is 5.75 Å². The summed E-state index contributed by atoms with van der Waals surface area (Å²) in [6.45, 7) is 1.69. The van der Waals surface area contributed by atoms with Gasteiger partial charge in [-0.05, 0) is 42.8 Å². The van der Waals surface area contributed by atoms with Crippen LogP contribution in [0.1, 0.15) is 18.1 Å². The van der Waals surface area contributed by atoms with Gasteiger partial charge in [-0.1, -0.05) is 24.3 Å². The molecular formula is C20H18F3NO4. The van der Waals surface area contributed by atoms with Gasteiger partial charge in [0, 0.05) is 6.08 Å². The van der Waals surface area contributed by atoms with Crippen LogP contribution in [0, 0.1) is 0 Å². The molecule has 0 aliphatic rings. The summed E-state index contributed by atoms with van der Waals surface area (Å²) < 4.78 is 48.7. The summed E-state index contributed by atoms with van der Waals surface area (Å²) in [5.74, 6) is -0.981. The van der Waals surface area contributed by atoms with Gasteiger partial charge in [-0.2, -0.15) is 13.2 Å². The SMILES string of the molecule is CCOc1ccc(/C=C/C(=O)OCC(=O)Nc2ccccc2C(F)(F)F)cc1. The van der Waals surface area contributed by atoms with E-state index in [1.807, 2.05) is 6.92 Å². The van der Waals surface area contributed by atoms with E-state index in [-0.39, 0.29) is 0 Å². The smallest absolute Gasteiger partial charge is 0.418 e. The number of carbonyl (C=O) groups is 2. The third kappa shape index (κ3) is 6.46. The number of carbonyl (C=O) groups excluding carboxylic acids is 2. The Morgan fingerprint density at radius 1 is 1.07 bits per heavy atom. The van der Waals surface area contributed by atoms with Gasteiger partial charge < -0.3 is 14.8 Å². The van der Waals surface area contributed by atoms with Crippen LogP contribution in [0.4, 0.5) is 18.9 Å². The first kappa shape index (κ1) is 21.0. The Hall–Kier alpha value is -3.29. The van der Waals surface area contributed by atoms with E-state index in [2.05, 4.69) is 5.32 Å². The summed E-state index contributed by atoms with van der Waals surface area (Å²) in [5.41, 5.74) is -0.671.